The van der Waals surface area contributed by atoms with Crippen LogP contribution in [0.3, 0.4) is 0 Å². The molecule has 0 saturated carbocycles. The van der Waals surface area contributed by atoms with Gasteiger partial charge < -0.3 is 16.2 Å². The lowest BCUT2D eigenvalue weighted by Gasteiger charge is -2.03. The molecule has 0 saturated heterocycles. The van der Waals surface area contributed by atoms with Gasteiger partial charge in [0.25, 0.3) is 0 Å². The van der Waals surface area contributed by atoms with E-state index in [1.807, 2.05) is 36.4 Å². The van der Waals surface area contributed by atoms with Gasteiger partial charge in [0.1, 0.15) is 5.75 Å². The van der Waals surface area contributed by atoms with Crippen molar-refractivity contribution in [3.05, 3.63) is 60.2 Å². The number of nitrogen functional groups attached to an aromatic ring is 1. The Balaban J connectivity index is 1.78. The van der Waals surface area contributed by atoms with Crippen molar-refractivity contribution >= 4 is 17.6 Å². The van der Waals surface area contributed by atoms with Crippen LogP contribution in [0.25, 0.3) is 0 Å². The predicted octanol–water partition coefficient (Wildman–Crippen LogP) is 2.36. The Morgan fingerprint density at radius 1 is 1.10 bits per heavy atom. The molecular formula is C15H15N5O. The highest BCUT2D eigenvalue weighted by atomic mass is 16.3. The van der Waals surface area contributed by atoms with Crippen molar-refractivity contribution in [3.8, 4) is 5.75 Å². The Morgan fingerprint density at radius 2 is 1.90 bits per heavy atom. The minimum Gasteiger partial charge on any atom is -0.508 e. The zero-order valence-electron chi connectivity index (χ0n) is 11.3. The lowest BCUT2D eigenvalue weighted by Crippen LogP contribution is -2.06. The lowest BCUT2D eigenvalue weighted by atomic mass is 10.2. The van der Waals surface area contributed by atoms with Crippen molar-refractivity contribution in [2.75, 3.05) is 11.1 Å². The SMILES string of the molecule is Nc1nc(Nc2ccccc2)nn1Cc1cccc(O)c1. The first kappa shape index (κ1) is 13.0. The van der Waals surface area contributed by atoms with Gasteiger partial charge in [-0.2, -0.15) is 4.98 Å². The summed E-state index contributed by atoms with van der Waals surface area (Å²) >= 11 is 0. The van der Waals surface area contributed by atoms with E-state index in [2.05, 4.69) is 15.4 Å². The van der Waals surface area contributed by atoms with E-state index in [4.69, 9.17) is 5.73 Å². The Hall–Kier alpha value is -3.02. The molecule has 0 aliphatic heterocycles. The molecule has 0 aliphatic carbocycles. The van der Waals surface area contributed by atoms with Gasteiger partial charge in [0.15, 0.2) is 0 Å². The van der Waals surface area contributed by atoms with E-state index >= 15 is 0 Å². The van der Waals surface area contributed by atoms with E-state index in [1.54, 1.807) is 22.9 Å². The molecule has 0 aliphatic rings. The zero-order valence-corrected chi connectivity index (χ0v) is 11.3. The van der Waals surface area contributed by atoms with Crippen LogP contribution in [0.4, 0.5) is 17.6 Å². The minimum atomic E-state index is 0.217. The maximum Gasteiger partial charge on any atom is 0.248 e. The molecule has 0 amide bonds. The second kappa shape index (κ2) is 5.54. The third-order valence-electron chi connectivity index (χ3n) is 2.97. The van der Waals surface area contributed by atoms with Crippen LogP contribution >= 0.6 is 0 Å². The molecule has 2 aromatic carbocycles. The monoisotopic (exact) mass is 281 g/mol. The maximum absolute atomic E-state index is 9.47. The van der Waals surface area contributed by atoms with E-state index in [1.165, 1.54) is 0 Å². The van der Waals surface area contributed by atoms with Gasteiger partial charge in [-0.15, -0.1) is 5.10 Å². The number of benzene rings is 2. The van der Waals surface area contributed by atoms with Crippen molar-refractivity contribution < 1.29 is 5.11 Å². The van der Waals surface area contributed by atoms with Crippen molar-refractivity contribution in [1.29, 1.82) is 0 Å². The van der Waals surface area contributed by atoms with Crippen molar-refractivity contribution in [2.45, 2.75) is 6.54 Å². The number of aromatic nitrogens is 3. The molecule has 3 aromatic rings. The average molecular weight is 281 g/mol. The molecule has 1 aromatic heterocycles. The van der Waals surface area contributed by atoms with Crippen molar-refractivity contribution in [3.63, 3.8) is 0 Å². The number of aromatic hydroxyl groups is 1. The number of hydrogen-bond acceptors (Lipinski definition) is 5. The fourth-order valence-electron chi connectivity index (χ4n) is 2.00. The van der Waals surface area contributed by atoms with E-state index in [-0.39, 0.29) is 5.75 Å². The molecule has 6 heteroatoms. The lowest BCUT2D eigenvalue weighted by molar-refractivity contribution is 0.474. The molecule has 0 spiro atoms. The number of nitrogens with one attached hydrogen (secondary N) is 1. The molecule has 0 bridgehead atoms. The highest BCUT2D eigenvalue weighted by molar-refractivity contribution is 5.53. The fourth-order valence-corrected chi connectivity index (χ4v) is 2.00. The van der Waals surface area contributed by atoms with Gasteiger partial charge in [0.2, 0.25) is 11.9 Å². The highest BCUT2D eigenvalue weighted by Gasteiger charge is 2.08. The molecule has 0 radical (unpaired) electrons. The first-order chi connectivity index (χ1) is 10.2. The standard InChI is InChI=1S/C15H15N5O/c16-14-18-15(17-12-6-2-1-3-7-12)19-20(14)10-11-5-4-8-13(21)9-11/h1-9,21H,10H2,(H3,16,17,18,19). The fraction of sp³-hybridized carbons (Fsp3) is 0.0667. The van der Waals surface area contributed by atoms with E-state index in [9.17, 15) is 5.11 Å². The number of anilines is 3. The summed E-state index contributed by atoms with van der Waals surface area (Å²) in [6.45, 7) is 0.448. The van der Waals surface area contributed by atoms with Crippen molar-refractivity contribution in [1.82, 2.24) is 14.8 Å². The Kier molecular flexibility index (Phi) is 3.42. The molecule has 0 fully saturated rings. The summed E-state index contributed by atoms with van der Waals surface area (Å²) in [7, 11) is 0. The van der Waals surface area contributed by atoms with Gasteiger partial charge in [-0.05, 0) is 29.8 Å². The van der Waals surface area contributed by atoms with E-state index in [0.29, 0.717) is 18.4 Å². The largest absolute Gasteiger partial charge is 0.508 e. The van der Waals surface area contributed by atoms with Gasteiger partial charge in [0, 0.05) is 5.69 Å². The Bertz CT molecular complexity index is 739. The third kappa shape index (κ3) is 3.11. The second-order valence-electron chi connectivity index (χ2n) is 4.61. The molecule has 4 N–H and O–H groups in total. The average Bonchev–Trinajstić information content (AvgIpc) is 2.80. The summed E-state index contributed by atoms with van der Waals surface area (Å²) in [6, 6.07) is 16.6. The van der Waals surface area contributed by atoms with Crippen LogP contribution in [0.1, 0.15) is 5.56 Å². The van der Waals surface area contributed by atoms with Crippen LogP contribution in [0.15, 0.2) is 54.6 Å². The molecule has 0 atom stereocenters. The number of rotatable bonds is 4. The summed E-state index contributed by atoms with van der Waals surface area (Å²) in [6.07, 6.45) is 0. The molecular weight excluding hydrogens is 266 g/mol. The molecule has 21 heavy (non-hydrogen) atoms. The quantitative estimate of drug-likeness (QED) is 0.683. The van der Waals surface area contributed by atoms with Crippen LogP contribution < -0.4 is 11.1 Å². The molecule has 3 rings (SSSR count). The number of nitrogens with zero attached hydrogens (tertiary/aromatic N) is 3. The third-order valence-corrected chi connectivity index (χ3v) is 2.97. The summed E-state index contributed by atoms with van der Waals surface area (Å²) in [5.41, 5.74) is 7.66. The predicted molar refractivity (Wildman–Crippen MR) is 81.4 cm³/mol. The molecule has 106 valence electrons. The van der Waals surface area contributed by atoms with Crippen LogP contribution in [-0.4, -0.2) is 19.9 Å². The van der Waals surface area contributed by atoms with Crippen LogP contribution in [0, 0.1) is 0 Å². The summed E-state index contributed by atoms with van der Waals surface area (Å²) in [4.78, 5) is 4.18. The second-order valence-corrected chi connectivity index (χ2v) is 4.61. The zero-order chi connectivity index (χ0) is 14.7. The molecule has 6 nitrogen and oxygen atoms in total. The van der Waals surface area contributed by atoms with Crippen LogP contribution in [0.2, 0.25) is 0 Å². The topological polar surface area (TPSA) is 89.0 Å². The number of para-hydroxylation sites is 1. The van der Waals surface area contributed by atoms with Gasteiger partial charge in [-0.3, -0.25) is 0 Å². The van der Waals surface area contributed by atoms with Gasteiger partial charge in [-0.1, -0.05) is 30.3 Å². The molecule has 1 heterocycles. The van der Waals surface area contributed by atoms with E-state index < -0.39 is 0 Å². The van der Waals surface area contributed by atoms with Crippen LogP contribution in [0.5, 0.6) is 5.75 Å². The number of phenolic OH excluding ortho intramolecular Hbond substituents is 1. The van der Waals surface area contributed by atoms with Gasteiger partial charge in [0.05, 0.1) is 6.54 Å². The van der Waals surface area contributed by atoms with Crippen LogP contribution in [-0.2, 0) is 6.54 Å². The summed E-state index contributed by atoms with van der Waals surface area (Å²) in [5.74, 6) is 0.976. The number of phenols is 1. The summed E-state index contributed by atoms with van der Waals surface area (Å²) < 4.78 is 1.58. The van der Waals surface area contributed by atoms with Crippen molar-refractivity contribution in [2.24, 2.45) is 0 Å². The van der Waals surface area contributed by atoms with E-state index in [0.717, 1.165) is 11.3 Å². The first-order valence-electron chi connectivity index (χ1n) is 6.51. The number of hydrogen-bond donors (Lipinski definition) is 3. The van der Waals surface area contributed by atoms with Gasteiger partial charge in [-0.25, -0.2) is 4.68 Å². The maximum atomic E-state index is 9.47. The minimum absolute atomic E-state index is 0.217. The normalized spacial score (nSPS) is 10.5. The van der Waals surface area contributed by atoms with Gasteiger partial charge >= 0.3 is 0 Å². The molecule has 0 unspecified atom stereocenters. The first-order valence-corrected chi connectivity index (χ1v) is 6.51. The Labute approximate surface area is 121 Å². The summed E-state index contributed by atoms with van der Waals surface area (Å²) in [5, 5.41) is 16.9. The number of nitrogens with two attached hydrogens (primary N) is 1. The smallest absolute Gasteiger partial charge is 0.248 e. The highest BCUT2D eigenvalue weighted by Crippen LogP contribution is 2.16. The Morgan fingerprint density at radius 3 is 2.67 bits per heavy atom.